The lowest BCUT2D eigenvalue weighted by Gasteiger charge is -2.21. The molecule has 0 radical (unpaired) electrons. The first-order valence-corrected chi connectivity index (χ1v) is 6.72. The van der Waals surface area contributed by atoms with Gasteiger partial charge in [0.15, 0.2) is 0 Å². The van der Waals surface area contributed by atoms with Crippen molar-refractivity contribution in [2.45, 2.75) is 19.4 Å². The van der Waals surface area contributed by atoms with Crippen LogP contribution in [-0.2, 0) is 9.59 Å². The minimum atomic E-state index is -1.02. The quantitative estimate of drug-likeness (QED) is 0.824. The predicted molar refractivity (Wildman–Crippen MR) is 75.0 cm³/mol. The molecule has 2 atom stereocenters. The number of hydrogen-bond acceptors (Lipinski definition) is 5. The Morgan fingerprint density at radius 2 is 2.05 bits per heavy atom. The van der Waals surface area contributed by atoms with Gasteiger partial charge in [-0.1, -0.05) is 6.92 Å². The summed E-state index contributed by atoms with van der Waals surface area (Å²) < 4.78 is 10.3. The number of carbonyl (C=O) groups excluding carboxylic acids is 2. The van der Waals surface area contributed by atoms with Crippen molar-refractivity contribution < 1.29 is 24.2 Å². The van der Waals surface area contributed by atoms with E-state index in [-0.39, 0.29) is 30.7 Å². The third kappa shape index (κ3) is 3.00. The maximum atomic E-state index is 11.9. The van der Waals surface area contributed by atoms with E-state index in [9.17, 15) is 14.7 Å². The topological polar surface area (TPSA) is 76.1 Å². The Labute approximate surface area is 123 Å². The molecule has 1 aromatic carbocycles. The summed E-state index contributed by atoms with van der Waals surface area (Å²) in [5.41, 5.74) is 0.483. The Hall–Kier alpha value is -2.08. The van der Waals surface area contributed by atoms with E-state index in [0.29, 0.717) is 17.1 Å². The molecule has 2 unspecified atom stereocenters. The third-order valence-corrected chi connectivity index (χ3v) is 3.62. The van der Waals surface area contributed by atoms with Crippen LogP contribution in [-0.4, -0.2) is 42.6 Å². The summed E-state index contributed by atoms with van der Waals surface area (Å²) in [5, 5.41) is 10.4. The van der Waals surface area contributed by atoms with E-state index in [1.165, 1.54) is 14.2 Å². The SMILES string of the molecule is COc1ccc(OC)c(C(O)CN2C(=O)CC(C)C2=O)c1. The molecule has 0 saturated carbocycles. The maximum absolute atomic E-state index is 11.9. The number of benzene rings is 1. The Kier molecular flexibility index (Phi) is 4.47. The normalized spacial score (nSPS) is 19.8. The third-order valence-electron chi connectivity index (χ3n) is 3.62. The van der Waals surface area contributed by atoms with E-state index in [2.05, 4.69) is 0 Å². The highest BCUT2D eigenvalue weighted by Gasteiger charge is 2.37. The molecule has 6 nitrogen and oxygen atoms in total. The highest BCUT2D eigenvalue weighted by molar-refractivity contribution is 6.03. The van der Waals surface area contributed by atoms with Gasteiger partial charge in [-0.05, 0) is 18.2 Å². The van der Waals surface area contributed by atoms with Crippen molar-refractivity contribution in [1.82, 2.24) is 4.90 Å². The highest BCUT2D eigenvalue weighted by Crippen LogP contribution is 2.31. The van der Waals surface area contributed by atoms with Crippen molar-refractivity contribution in [3.05, 3.63) is 23.8 Å². The number of carbonyl (C=O) groups is 2. The van der Waals surface area contributed by atoms with Gasteiger partial charge in [-0.2, -0.15) is 0 Å². The number of rotatable bonds is 5. The van der Waals surface area contributed by atoms with Crippen LogP contribution >= 0.6 is 0 Å². The largest absolute Gasteiger partial charge is 0.497 e. The zero-order chi connectivity index (χ0) is 15.6. The summed E-state index contributed by atoms with van der Waals surface area (Å²) >= 11 is 0. The van der Waals surface area contributed by atoms with Crippen molar-refractivity contribution in [1.29, 1.82) is 0 Å². The standard InChI is InChI=1S/C15H19NO5/c1-9-6-14(18)16(15(9)19)8-12(17)11-7-10(20-2)4-5-13(11)21-3/h4-5,7,9,12,17H,6,8H2,1-3H3. The van der Waals surface area contributed by atoms with Crippen LogP contribution in [0, 0.1) is 5.92 Å². The number of ether oxygens (including phenoxy) is 2. The van der Waals surface area contributed by atoms with Crippen molar-refractivity contribution in [3.63, 3.8) is 0 Å². The monoisotopic (exact) mass is 293 g/mol. The molecule has 0 spiro atoms. The van der Waals surface area contributed by atoms with E-state index in [0.717, 1.165) is 4.90 Å². The fourth-order valence-corrected chi connectivity index (χ4v) is 2.41. The molecule has 21 heavy (non-hydrogen) atoms. The van der Waals surface area contributed by atoms with Gasteiger partial charge in [0.25, 0.3) is 0 Å². The minimum absolute atomic E-state index is 0.0778. The van der Waals surface area contributed by atoms with Crippen LogP contribution in [0.25, 0.3) is 0 Å². The number of aliphatic hydroxyl groups excluding tert-OH is 1. The van der Waals surface area contributed by atoms with Gasteiger partial charge in [0.1, 0.15) is 17.6 Å². The average molecular weight is 293 g/mol. The summed E-state index contributed by atoms with van der Waals surface area (Å²) in [7, 11) is 3.01. The molecule has 6 heteroatoms. The Bertz CT molecular complexity index is 557. The molecule has 2 amide bonds. The van der Waals surface area contributed by atoms with E-state index in [1.807, 2.05) is 0 Å². The lowest BCUT2D eigenvalue weighted by molar-refractivity contribution is -0.140. The first kappa shape index (κ1) is 15.3. The van der Waals surface area contributed by atoms with Gasteiger partial charge in [0.05, 0.1) is 20.8 Å². The lowest BCUT2D eigenvalue weighted by Crippen LogP contribution is -2.34. The molecule has 1 heterocycles. The van der Waals surface area contributed by atoms with E-state index in [4.69, 9.17) is 9.47 Å². The van der Waals surface area contributed by atoms with E-state index in [1.54, 1.807) is 25.1 Å². The average Bonchev–Trinajstić information content (AvgIpc) is 2.72. The zero-order valence-electron chi connectivity index (χ0n) is 12.3. The molecule has 1 saturated heterocycles. The minimum Gasteiger partial charge on any atom is -0.497 e. The van der Waals surface area contributed by atoms with E-state index < -0.39 is 6.10 Å². The van der Waals surface area contributed by atoms with Crippen LogP contribution in [0.2, 0.25) is 0 Å². The molecule has 1 fully saturated rings. The number of likely N-dealkylation sites (tertiary alicyclic amines) is 1. The number of imide groups is 1. The van der Waals surface area contributed by atoms with Crippen LogP contribution in [0.3, 0.4) is 0 Å². The van der Waals surface area contributed by atoms with Crippen LogP contribution in [0.5, 0.6) is 11.5 Å². The van der Waals surface area contributed by atoms with Crippen molar-refractivity contribution in [3.8, 4) is 11.5 Å². The smallest absolute Gasteiger partial charge is 0.232 e. The van der Waals surface area contributed by atoms with Crippen molar-refractivity contribution >= 4 is 11.8 Å². The fourth-order valence-electron chi connectivity index (χ4n) is 2.41. The molecule has 114 valence electrons. The van der Waals surface area contributed by atoms with Gasteiger partial charge >= 0.3 is 0 Å². The van der Waals surface area contributed by atoms with Crippen molar-refractivity contribution in [2.75, 3.05) is 20.8 Å². The summed E-state index contributed by atoms with van der Waals surface area (Å²) in [6, 6.07) is 5.02. The molecule has 0 aliphatic carbocycles. The Balaban J connectivity index is 2.22. The van der Waals surface area contributed by atoms with Crippen LogP contribution in [0.1, 0.15) is 25.0 Å². The number of nitrogens with zero attached hydrogens (tertiary/aromatic N) is 1. The maximum Gasteiger partial charge on any atom is 0.232 e. The van der Waals surface area contributed by atoms with Gasteiger partial charge < -0.3 is 14.6 Å². The molecule has 0 bridgehead atoms. The molecule has 0 aromatic heterocycles. The van der Waals surface area contributed by atoms with Gasteiger partial charge in [0, 0.05) is 17.9 Å². The van der Waals surface area contributed by atoms with E-state index >= 15 is 0 Å². The molecule has 1 N–H and O–H groups in total. The van der Waals surface area contributed by atoms with Gasteiger partial charge in [0.2, 0.25) is 11.8 Å². The first-order valence-electron chi connectivity index (χ1n) is 6.72. The number of aliphatic hydroxyl groups is 1. The first-order chi connectivity index (χ1) is 9.97. The second-order valence-electron chi connectivity index (χ2n) is 5.07. The Morgan fingerprint density at radius 1 is 1.33 bits per heavy atom. The van der Waals surface area contributed by atoms with Gasteiger partial charge in [-0.3, -0.25) is 14.5 Å². The molecule has 1 aromatic rings. The van der Waals surface area contributed by atoms with Gasteiger partial charge in [-0.15, -0.1) is 0 Å². The summed E-state index contributed by atoms with van der Waals surface area (Å²) in [6.07, 6.45) is -0.825. The second kappa shape index (κ2) is 6.13. The molecule has 2 rings (SSSR count). The number of β-amino-alcohol motifs (C(OH)–C–C–N with tert-alkyl or cyclic N) is 1. The number of hydrogen-bond donors (Lipinski definition) is 1. The Morgan fingerprint density at radius 3 is 2.57 bits per heavy atom. The molecular weight excluding hydrogens is 274 g/mol. The second-order valence-corrected chi connectivity index (χ2v) is 5.07. The lowest BCUT2D eigenvalue weighted by atomic mass is 10.1. The summed E-state index contributed by atoms with van der Waals surface area (Å²) in [5.74, 6) is 0.221. The van der Waals surface area contributed by atoms with Crippen LogP contribution < -0.4 is 9.47 Å². The summed E-state index contributed by atoms with van der Waals surface area (Å²) in [6.45, 7) is 1.63. The molecule has 1 aliphatic heterocycles. The zero-order valence-corrected chi connectivity index (χ0v) is 12.3. The molecule has 1 aliphatic rings. The van der Waals surface area contributed by atoms with Gasteiger partial charge in [-0.25, -0.2) is 0 Å². The number of methoxy groups -OCH3 is 2. The van der Waals surface area contributed by atoms with Crippen LogP contribution in [0.4, 0.5) is 0 Å². The van der Waals surface area contributed by atoms with Crippen molar-refractivity contribution in [2.24, 2.45) is 5.92 Å². The molecular formula is C15H19NO5. The summed E-state index contributed by atoms with van der Waals surface area (Å²) in [4.78, 5) is 24.8. The number of amides is 2. The predicted octanol–water partition coefficient (Wildman–Crippen LogP) is 1.13. The highest BCUT2D eigenvalue weighted by atomic mass is 16.5. The fraction of sp³-hybridized carbons (Fsp3) is 0.467. The van der Waals surface area contributed by atoms with Crippen LogP contribution in [0.15, 0.2) is 18.2 Å².